The van der Waals surface area contributed by atoms with Crippen LogP contribution < -0.4 is 9.47 Å². The third kappa shape index (κ3) is 3.47. The summed E-state index contributed by atoms with van der Waals surface area (Å²) in [6.07, 6.45) is 4.02. The van der Waals surface area contributed by atoms with E-state index in [9.17, 15) is 4.79 Å². The smallest absolute Gasteiger partial charge is 0.168 e. The summed E-state index contributed by atoms with van der Waals surface area (Å²) in [5.74, 6) is 1.35. The number of Topliss-reactive ketones (excluding diaryl/α,β-unsaturated/α-hetero) is 1. The molecule has 0 spiro atoms. The molecule has 0 aliphatic rings. The van der Waals surface area contributed by atoms with Gasteiger partial charge in [-0.05, 0) is 18.2 Å². The summed E-state index contributed by atoms with van der Waals surface area (Å²) in [6, 6.07) is 19.1. The van der Waals surface area contributed by atoms with Crippen LogP contribution in [0.5, 0.6) is 11.5 Å². The Balaban J connectivity index is 1.61. The van der Waals surface area contributed by atoms with Gasteiger partial charge in [0.1, 0.15) is 17.1 Å². The number of nitrogens with zero attached hydrogens (tertiary/aromatic N) is 2. The van der Waals surface area contributed by atoms with Crippen LogP contribution in [0.4, 0.5) is 0 Å². The van der Waals surface area contributed by atoms with Crippen molar-refractivity contribution < 1.29 is 14.3 Å². The van der Waals surface area contributed by atoms with Crippen molar-refractivity contribution in [3.63, 3.8) is 0 Å². The fraction of sp³-hybridized carbons (Fsp3) is 0.130. The van der Waals surface area contributed by atoms with Crippen LogP contribution >= 0.6 is 0 Å². The minimum atomic E-state index is 0.0142. The van der Waals surface area contributed by atoms with E-state index in [1.807, 2.05) is 71.4 Å². The summed E-state index contributed by atoms with van der Waals surface area (Å²) in [5, 5.41) is 0. The SMILES string of the molecule is COc1ccc(CC(=O)c2ccc3nc(-c4ccccc4)cn3c2)c(OC)c1. The number of rotatable bonds is 6. The Hall–Kier alpha value is -3.60. The van der Waals surface area contributed by atoms with Crippen LogP contribution in [0.25, 0.3) is 16.9 Å². The third-order valence-corrected chi connectivity index (χ3v) is 4.69. The zero-order valence-corrected chi connectivity index (χ0v) is 15.8. The molecule has 4 aromatic rings. The number of aromatic nitrogens is 2. The normalized spacial score (nSPS) is 10.8. The number of ether oxygens (including phenoxy) is 2. The molecule has 140 valence electrons. The first kappa shape index (κ1) is 17.8. The van der Waals surface area contributed by atoms with Crippen LogP contribution in [0.1, 0.15) is 15.9 Å². The summed E-state index contributed by atoms with van der Waals surface area (Å²) in [6.45, 7) is 0. The van der Waals surface area contributed by atoms with E-state index in [1.54, 1.807) is 20.3 Å². The van der Waals surface area contributed by atoms with Gasteiger partial charge >= 0.3 is 0 Å². The van der Waals surface area contributed by atoms with Crippen molar-refractivity contribution in [2.24, 2.45) is 0 Å². The predicted octanol–water partition coefficient (Wildman–Crippen LogP) is 4.44. The zero-order chi connectivity index (χ0) is 19.5. The number of ketones is 1. The molecule has 0 aliphatic carbocycles. The molecule has 0 aliphatic heterocycles. The zero-order valence-electron chi connectivity index (χ0n) is 15.8. The number of benzene rings is 2. The lowest BCUT2D eigenvalue weighted by atomic mass is 10.0. The van der Waals surface area contributed by atoms with Crippen LogP contribution in [0.3, 0.4) is 0 Å². The molecule has 0 amide bonds. The van der Waals surface area contributed by atoms with E-state index in [-0.39, 0.29) is 12.2 Å². The van der Waals surface area contributed by atoms with Gasteiger partial charge in [-0.25, -0.2) is 4.98 Å². The predicted molar refractivity (Wildman–Crippen MR) is 108 cm³/mol. The van der Waals surface area contributed by atoms with Gasteiger partial charge in [0.2, 0.25) is 0 Å². The molecule has 5 heteroatoms. The average molecular weight is 372 g/mol. The van der Waals surface area contributed by atoms with Crippen molar-refractivity contribution in [1.82, 2.24) is 9.38 Å². The number of carbonyl (C=O) groups excluding carboxylic acids is 1. The van der Waals surface area contributed by atoms with E-state index < -0.39 is 0 Å². The molecule has 0 unspecified atom stereocenters. The van der Waals surface area contributed by atoms with Gasteiger partial charge in [-0.2, -0.15) is 0 Å². The Labute approximate surface area is 163 Å². The highest BCUT2D eigenvalue weighted by Gasteiger charge is 2.13. The lowest BCUT2D eigenvalue weighted by Gasteiger charge is -2.10. The van der Waals surface area contributed by atoms with Gasteiger partial charge in [0.15, 0.2) is 5.78 Å². The van der Waals surface area contributed by atoms with Crippen LogP contribution in [-0.4, -0.2) is 29.4 Å². The van der Waals surface area contributed by atoms with E-state index in [2.05, 4.69) is 4.98 Å². The Morgan fingerprint density at radius 3 is 2.54 bits per heavy atom. The fourth-order valence-corrected chi connectivity index (χ4v) is 3.18. The molecular weight excluding hydrogens is 352 g/mol. The van der Waals surface area contributed by atoms with Gasteiger partial charge in [-0.1, -0.05) is 36.4 Å². The topological polar surface area (TPSA) is 52.8 Å². The molecule has 4 rings (SSSR count). The molecule has 0 saturated heterocycles. The molecule has 0 bridgehead atoms. The molecule has 2 aromatic carbocycles. The van der Waals surface area contributed by atoms with Crippen molar-refractivity contribution in [2.75, 3.05) is 14.2 Å². The molecule has 0 radical (unpaired) electrons. The fourth-order valence-electron chi connectivity index (χ4n) is 3.18. The van der Waals surface area contributed by atoms with Crippen molar-refractivity contribution in [3.05, 3.63) is 84.2 Å². The Kier molecular flexibility index (Phi) is 4.81. The highest BCUT2D eigenvalue weighted by atomic mass is 16.5. The molecular formula is C23H20N2O3. The molecule has 2 heterocycles. The first-order valence-electron chi connectivity index (χ1n) is 8.96. The lowest BCUT2D eigenvalue weighted by molar-refractivity contribution is 0.0991. The van der Waals surface area contributed by atoms with E-state index in [0.29, 0.717) is 17.1 Å². The summed E-state index contributed by atoms with van der Waals surface area (Å²) in [5.41, 5.74) is 4.17. The number of carbonyl (C=O) groups is 1. The first-order chi connectivity index (χ1) is 13.7. The van der Waals surface area contributed by atoms with Gasteiger partial charge in [-0.3, -0.25) is 4.79 Å². The highest BCUT2D eigenvalue weighted by Crippen LogP contribution is 2.26. The summed E-state index contributed by atoms with van der Waals surface area (Å²) >= 11 is 0. The van der Waals surface area contributed by atoms with E-state index in [4.69, 9.17) is 9.47 Å². The van der Waals surface area contributed by atoms with Gasteiger partial charge in [0.25, 0.3) is 0 Å². The number of fused-ring (bicyclic) bond motifs is 1. The van der Waals surface area contributed by atoms with Gasteiger partial charge in [0, 0.05) is 41.6 Å². The average Bonchev–Trinajstić information content (AvgIpc) is 3.18. The largest absolute Gasteiger partial charge is 0.497 e. The minimum Gasteiger partial charge on any atom is -0.497 e. The second-order valence-electron chi connectivity index (χ2n) is 6.45. The highest BCUT2D eigenvalue weighted by molar-refractivity contribution is 5.97. The number of pyridine rings is 1. The Morgan fingerprint density at radius 1 is 0.964 bits per heavy atom. The molecule has 0 saturated carbocycles. The lowest BCUT2D eigenvalue weighted by Crippen LogP contribution is -2.06. The maximum Gasteiger partial charge on any atom is 0.168 e. The van der Waals surface area contributed by atoms with Crippen LogP contribution in [-0.2, 0) is 6.42 Å². The van der Waals surface area contributed by atoms with Gasteiger partial charge in [-0.15, -0.1) is 0 Å². The molecule has 5 nitrogen and oxygen atoms in total. The second-order valence-corrected chi connectivity index (χ2v) is 6.45. The molecule has 0 atom stereocenters. The Bertz CT molecular complexity index is 1130. The minimum absolute atomic E-state index is 0.0142. The summed E-state index contributed by atoms with van der Waals surface area (Å²) < 4.78 is 12.5. The summed E-state index contributed by atoms with van der Waals surface area (Å²) in [7, 11) is 3.19. The molecule has 0 fully saturated rings. The molecule has 2 aromatic heterocycles. The van der Waals surface area contributed by atoms with Crippen molar-refractivity contribution in [1.29, 1.82) is 0 Å². The van der Waals surface area contributed by atoms with Crippen molar-refractivity contribution >= 4 is 11.4 Å². The van der Waals surface area contributed by atoms with Crippen LogP contribution in [0.15, 0.2) is 73.1 Å². The maximum atomic E-state index is 12.8. The van der Waals surface area contributed by atoms with E-state index in [0.717, 1.165) is 22.5 Å². The van der Waals surface area contributed by atoms with Gasteiger partial charge in [0.05, 0.1) is 19.9 Å². The third-order valence-electron chi connectivity index (χ3n) is 4.69. The number of imidazole rings is 1. The monoisotopic (exact) mass is 372 g/mol. The second kappa shape index (κ2) is 7.56. The number of hydrogen-bond donors (Lipinski definition) is 0. The maximum absolute atomic E-state index is 12.8. The number of methoxy groups -OCH3 is 2. The first-order valence-corrected chi connectivity index (χ1v) is 8.96. The molecule has 28 heavy (non-hydrogen) atoms. The van der Waals surface area contributed by atoms with E-state index in [1.165, 1.54) is 0 Å². The van der Waals surface area contributed by atoms with Gasteiger partial charge < -0.3 is 13.9 Å². The Morgan fingerprint density at radius 2 is 1.79 bits per heavy atom. The van der Waals surface area contributed by atoms with Crippen molar-refractivity contribution in [2.45, 2.75) is 6.42 Å². The standard InChI is InChI=1S/C23H20N2O3/c1-27-19-10-8-17(22(13-19)28-2)12-21(26)18-9-11-23-24-20(15-25(23)14-18)16-6-4-3-5-7-16/h3-11,13-15H,12H2,1-2H3. The quantitative estimate of drug-likeness (QED) is 0.470. The van der Waals surface area contributed by atoms with Crippen molar-refractivity contribution in [3.8, 4) is 22.8 Å². The summed E-state index contributed by atoms with van der Waals surface area (Å²) in [4.78, 5) is 17.5. The number of hydrogen-bond acceptors (Lipinski definition) is 4. The van der Waals surface area contributed by atoms with Crippen LogP contribution in [0.2, 0.25) is 0 Å². The van der Waals surface area contributed by atoms with E-state index >= 15 is 0 Å². The van der Waals surface area contributed by atoms with Crippen LogP contribution in [0, 0.1) is 0 Å². The molecule has 0 N–H and O–H groups in total.